The number of ether oxygens (including phenoxy) is 3. The number of hydrogen-bond acceptors (Lipinski definition) is 5. The van der Waals surface area contributed by atoms with Gasteiger partial charge in [0.25, 0.3) is 0 Å². The zero-order valence-electron chi connectivity index (χ0n) is 14.8. The third-order valence-corrected chi connectivity index (χ3v) is 5.18. The average molecular weight is 349 g/mol. The van der Waals surface area contributed by atoms with E-state index in [1.165, 1.54) is 0 Å². The summed E-state index contributed by atoms with van der Waals surface area (Å²) < 4.78 is 16.8. The molecule has 0 aliphatic carbocycles. The summed E-state index contributed by atoms with van der Waals surface area (Å²) in [6, 6.07) is 7.63. The Balaban J connectivity index is 1.47. The normalized spacial score (nSPS) is 26.2. The quantitative estimate of drug-likeness (QED) is 0.777. The first kappa shape index (κ1) is 18.0. The van der Waals surface area contributed by atoms with Crippen molar-refractivity contribution < 1.29 is 24.1 Å². The van der Waals surface area contributed by atoms with Crippen molar-refractivity contribution >= 4 is 5.97 Å². The molecule has 0 radical (unpaired) electrons. The van der Waals surface area contributed by atoms with E-state index in [4.69, 9.17) is 14.2 Å². The van der Waals surface area contributed by atoms with E-state index in [2.05, 4.69) is 11.8 Å². The van der Waals surface area contributed by atoms with Crippen molar-refractivity contribution in [3.63, 3.8) is 0 Å². The molecule has 25 heavy (non-hydrogen) atoms. The van der Waals surface area contributed by atoms with Gasteiger partial charge in [0.15, 0.2) is 0 Å². The summed E-state index contributed by atoms with van der Waals surface area (Å²) in [5.41, 5.74) is -0.642. The van der Waals surface area contributed by atoms with Gasteiger partial charge in [0, 0.05) is 32.2 Å². The van der Waals surface area contributed by atoms with Crippen molar-refractivity contribution in [1.29, 1.82) is 0 Å². The average Bonchev–Trinajstić information content (AvgIpc) is 3.01. The van der Waals surface area contributed by atoms with Crippen molar-refractivity contribution in [1.82, 2.24) is 4.90 Å². The van der Waals surface area contributed by atoms with Crippen LogP contribution in [0.4, 0.5) is 0 Å². The van der Waals surface area contributed by atoms with Crippen molar-refractivity contribution in [3.8, 4) is 11.5 Å². The van der Waals surface area contributed by atoms with Crippen molar-refractivity contribution in [3.05, 3.63) is 24.3 Å². The molecular weight excluding hydrogens is 322 g/mol. The van der Waals surface area contributed by atoms with Crippen LogP contribution in [0.15, 0.2) is 24.3 Å². The van der Waals surface area contributed by atoms with E-state index in [0.29, 0.717) is 39.4 Å². The lowest BCUT2D eigenvalue weighted by molar-refractivity contribution is -0.157. The maximum Gasteiger partial charge on any atom is 0.311 e. The Hall–Kier alpha value is -1.79. The SMILES string of the molecule is CCCOc1ccc(OCCN2C[C@@H]3COCC[C@]3(C(=O)O)C2)cc1. The van der Waals surface area contributed by atoms with Gasteiger partial charge in [-0.3, -0.25) is 9.69 Å². The van der Waals surface area contributed by atoms with Crippen LogP contribution in [0.5, 0.6) is 11.5 Å². The predicted molar refractivity (Wildman–Crippen MR) is 93.2 cm³/mol. The first-order valence-corrected chi connectivity index (χ1v) is 9.03. The minimum Gasteiger partial charge on any atom is -0.494 e. The molecule has 2 aliphatic heterocycles. The molecule has 0 saturated carbocycles. The molecule has 1 aromatic carbocycles. The minimum atomic E-state index is -0.688. The number of fused-ring (bicyclic) bond motifs is 1. The number of aliphatic carboxylic acids is 1. The molecule has 2 atom stereocenters. The molecule has 6 heteroatoms. The Labute approximate surface area is 148 Å². The van der Waals surface area contributed by atoms with Crippen LogP contribution in [0.1, 0.15) is 19.8 Å². The van der Waals surface area contributed by atoms with Crippen LogP contribution >= 0.6 is 0 Å². The van der Waals surface area contributed by atoms with Gasteiger partial charge >= 0.3 is 5.97 Å². The van der Waals surface area contributed by atoms with Gasteiger partial charge in [0.2, 0.25) is 0 Å². The largest absolute Gasteiger partial charge is 0.494 e. The minimum absolute atomic E-state index is 0.0775. The number of carboxylic acids is 1. The molecule has 138 valence electrons. The number of benzene rings is 1. The van der Waals surface area contributed by atoms with E-state index < -0.39 is 11.4 Å². The van der Waals surface area contributed by atoms with Gasteiger partial charge in [-0.25, -0.2) is 0 Å². The van der Waals surface area contributed by atoms with Crippen LogP contribution < -0.4 is 9.47 Å². The Morgan fingerprint density at radius 1 is 1.28 bits per heavy atom. The molecule has 2 heterocycles. The van der Waals surface area contributed by atoms with Gasteiger partial charge in [-0.1, -0.05) is 6.92 Å². The summed E-state index contributed by atoms with van der Waals surface area (Å²) in [6.07, 6.45) is 1.58. The highest BCUT2D eigenvalue weighted by atomic mass is 16.5. The fourth-order valence-corrected chi connectivity index (χ4v) is 3.72. The summed E-state index contributed by atoms with van der Waals surface area (Å²) >= 11 is 0. The molecule has 2 aliphatic rings. The van der Waals surface area contributed by atoms with Crippen molar-refractivity contribution in [2.45, 2.75) is 19.8 Å². The van der Waals surface area contributed by atoms with Gasteiger partial charge in [0.05, 0.1) is 18.6 Å². The van der Waals surface area contributed by atoms with Crippen LogP contribution in [0.25, 0.3) is 0 Å². The van der Waals surface area contributed by atoms with Gasteiger partial charge in [-0.05, 0) is 37.1 Å². The molecule has 1 aromatic rings. The smallest absolute Gasteiger partial charge is 0.311 e. The van der Waals surface area contributed by atoms with Crippen LogP contribution in [-0.4, -0.2) is 62.0 Å². The highest BCUT2D eigenvalue weighted by Gasteiger charge is 2.53. The van der Waals surface area contributed by atoms with Crippen LogP contribution in [-0.2, 0) is 9.53 Å². The Bertz CT molecular complexity index is 576. The van der Waals surface area contributed by atoms with Crippen molar-refractivity contribution in [2.75, 3.05) is 46.1 Å². The maximum absolute atomic E-state index is 11.8. The number of nitrogens with zero attached hydrogens (tertiary/aromatic N) is 1. The highest BCUT2D eigenvalue weighted by Crippen LogP contribution is 2.42. The molecule has 0 amide bonds. The maximum atomic E-state index is 11.8. The number of likely N-dealkylation sites (tertiary alicyclic amines) is 1. The predicted octanol–water partition coefficient (Wildman–Crippen LogP) is 2.28. The van der Waals surface area contributed by atoms with E-state index in [1.807, 2.05) is 24.3 Å². The van der Waals surface area contributed by atoms with E-state index in [0.717, 1.165) is 31.0 Å². The fourth-order valence-electron chi connectivity index (χ4n) is 3.72. The third kappa shape index (κ3) is 4.07. The molecular formula is C19H27NO5. The second-order valence-electron chi connectivity index (χ2n) is 6.89. The van der Waals surface area contributed by atoms with E-state index in [-0.39, 0.29) is 5.92 Å². The van der Waals surface area contributed by atoms with E-state index in [1.54, 1.807) is 0 Å². The first-order valence-electron chi connectivity index (χ1n) is 9.03. The van der Waals surface area contributed by atoms with Gasteiger partial charge in [0.1, 0.15) is 18.1 Å². The zero-order chi connectivity index (χ0) is 17.7. The van der Waals surface area contributed by atoms with Crippen molar-refractivity contribution in [2.24, 2.45) is 11.3 Å². The molecule has 2 saturated heterocycles. The number of carbonyl (C=O) groups is 1. The van der Waals surface area contributed by atoms with Crippen LogP contribution in [0.2, 0.25) is 0 Å². The van der Waals surface area contributed by atoms with E-state index in [9.17, 15) is 9.90 Å². The zero-order valence-corrected chi connectivity index (χ0v) is 14.8. The van der Waals surface area contributed by atoms with Gasteiger partial charge < -0.3 is 19.3 Å². The molecule has 0 aromatic heterocycles. The standard InChI is InChI=1S/C19H27NO5/c1-2-9-24-16-3-5-17(6-4-16)25-11-8-20-12-15-13-23-10-7-19(15,14-20)18(21)22/h3-6,15H,2,7-14H2,1H3,(H,21,22)/t15-,19+/m1/s1. The van der Waals surface area contributed by atoms with Crippen LogP contribution in [0.3, 0.4) is 0 Å². The third-order valence-electron chi connectivity index (χ3n) is 5.18. The summed E-state index contributed by atoms with van der Waals surface area (Å²) in [7, 11) is 0. The highest BCUT2D eigenvalue weighted by molar-refractivity contribution is 5.76. The van der Waals surface area contributed by atoms with E-state index >= 15 is 0 Å². The molecule has 2 fully saturated rings. The second kappa shape index (κ2) is 8.06. The second-order valence-corrected chi connectivity index (χ2v) is 6.89. The molecule has 3 rings (SSSR count). The summed E-state index contributed by atoms with van der Waals surface area (Å²) in [6.45, 7) is 6.49. The number of rotatable bonds is 8. The molecule has 6 nitrogen and oxygen atoms in total. The topological polar surface area (TPSA) is 68.2 Å². The summed E-state index contributed by atoms with van der Waals surface area (Å²) in [5.74, 6) is 1.04. The molecule has 0 spiro atoms. The number of hydrogen-bond donors (Lipinski definition) is 1. The lowest BCUT2D eigenvalue weighted by atomic mass is 9.74. The molecule has 0 bridgehead atoms. The monoisotopic (exact) mass is 349 g/mol. The first-order chi connectivity index (χ1) is 12.1. The lowest BCUT2D eigenvalue weighted by Crippen LogP contribution is -2.44. The Morgan fingerprint density at radius 2 is 1.96 bits per heavy atom. The summed E-state index contributed by atoms with van der Waals surface area (Å²) in [5, 5.41) is 9.68. The summed E-state index contributed by atoms with van der Waals surface area (Å²) in [4.78, 5) is 14.0. The van der Waals surface area contributed by atoms with Gasteiger partial charge in [-0.15, -0.1) is 0 Å². The number of carboxylic acid groups (broad SMARTS) is 1. The Morgan fingerprint density at radius 3 is 2.56 bits per heavy atom. The lowest BCUT2D eigenvalue weighted by Gasteiger charge is -2.34. The molecule has 0 unspecified atom stereocenters. The van der Waals surface area contributed by atoms with Crippen LogP contribution in [0, 0.1) is 11.3 Å². The fraction of sp³-hybridized carbons (Fsp3) is 0.632. The molecule has 1 N–H and O–H groups in total. The Kier molecular flexibility index (Phi) is 5.81. The van der Waals surface area contributed by atoms with Gasteiger partial charge in [-0.2, -0.15) is 0 Å².